The average molecular weight is 334 g/mol. The topological polar surface area (TPSA) is 66.5 Å². The Morgan fingerprint density at radius 3 is 2.78 bits per heavy atom. The minimum absolute atomic E-state index is 0.149. The highest BCUT2D eigenvalue weighted by atomic mass is 32.2. The standard InChI is InChI=1S/C17H22N2O3S/c1-12(14-9-8-13-5-3-6-15(13)11-14)18-17(20)16-7-4-10-19(16)23(2,21)22/h4,7-9,11-12,16H,3,5-6,10H2,1-2H3,(H,18,20). The smallest absolute Gasteiger partial charge is 0.242 e. The van der Waals surface area contributed by atoms with Crippen molar-refractivity contribution in [2.75, 3.05) is 12.8 Å². The predicted molar refractivity (Wildman–Crippen MR) is 89.5 cm³/mol. The Bertz CT molecular complexity index is 755. The highest BCUT2D eigenvalue weighted by Gasteiger charge is 2.33. The van der Waals surface area contributed by atoms with Crippen LogP contribution in [0.1, 0.15) is 36.1 Å². The number of fused-ring (bicyclic) bond motifs is 1. The van der Waals surface area contributed by atoms with E-state index in [1.54, 1.807) is 12.2 Å². The van der Waals surface area contributed by atoms with E-state index >= 15 is 0 Å². The zero-order chi connectivity index (χ0) is 16.6. The minimum Gasteiger partial charge on any atom is -0.348 e. The predicted octanol–water partition coefficient (Wildman–Crippen LogP) is 1.55. The van der Waals surface area contributed by atoms with Gasteiger partial charge in [0.05, 0.1) is 12.3 Å². The number of nitrogens with zero attached hydrogens (tertiary/aromatic N) is 1. The molecule has 0 radical (unpaired) electrons. The van der Waals surface area contributed by atoms with Gasteiger partial charge in [0.15, 0.2) is 0 Å². The molecule has 23 heavy (non-hydrogen) atoms. The molecular formula is C17H22N2O3S. The summed E-state index contributed by atoms with van der Waals surface area (Å²) in [4.78, 5) is 12.5. The van der Waals surface area contributed by atoms with E-state index in [1.165, 1.54) is 21.9 Å². The molecule has 0 saturated heterocycles. The number of benzene rings is 1. The molecule has 0 bridgehead atoms. The van der Waals surface area contributed by atoms with E-state index in [0.717, 1.165) is 24.7 Å². The zero-order valence-electron chi connectivity index (χ0n) is 13.5. The van der Waals surface area contributed by atoms with Crippen LogP contribution >= 0.6 is 0 Å². The van der Waals surface area contributed by atoms with Gasteiger partial charge >= 0.3 is 0 Å². The lowest BCUT2D eigenvalue weighted by Gasteiger charge is -2.23. The first kappa shape index (κ1) is 16.2. The number of hydrogen-bond acceptors (Lipinski definition) is 3. The van der Waals surface area contributed by atoms with Crippen LogP contribution < -0.4 is 5.32 Å². The normalized spacial score (nSPS) is 22.1. The Balaban J connectivity index is 1.71. The molecule has 2 unspecified atom stereocenters. The molecule has 1 aromatic carbocycles. The van der Waals surface area contributed by atoms with E-state index in [-0.39, 0.29) is 18.5 Å². The van der Waals surface area contributed by atoms with E-state index in [0.29, 0.717) is 0 Å². The summed E-state index contributed by atoms with van der Waals surface area (Å²) in [5.74, 6) is -0.280. The van der Waals surface area contributed by atoms with Gasteiger partial charge in [-0.3, -0.25) is 4.79 Å². The molecule has 1 heterocycles. The average Bonchev–Trinajstić information content (AvgIpc) is 3.14. The van der Waals surface area contributed by atoms with E-state index in [9.17, 15) is 13.2 Å². The van der Waals surface area contributed by atoms with Crippen molar-refractivity contribution in [1.82, 2.24) is 9.62 Å². The summed E-state index contributed by atoms with van der Waals surface area (Å²) in [5, 5.41) is 2.94. The fourth-order valence-corrected chi connectivity index (χ4v) is 4.24. The van der Waals surface area contributed by atoms with Crippen LogP contribution in [0, 0.1) is 0 Å². The van der Waals surface area contributed by atoms with Crippen molar-refractivity contribution in [2.24, 2.45) is 0 Å². The Morgan fingerprint density at radius 2 is 2.04 bits per heavy atom. The van der Waals surface area contributed by atoms with Gasteiger partial charge in [0.1, 0.15) is 6.04 Å². The van der Waals surface area contributed by atoms with Crippen LogP contribution in [-0.2, 0) is 27.7 Å². The lowest BCUT2D eigenvalue weighted by Crippen LogP contribution is -2.46. The molecule has 0 saturated carbocycles. The fraction of sp³-hybridized carbons (Fsp3) is 0.471. The minimum atomic E-state index is -3.40. The number of aryl methyl sites for hydroxylation is 2. The summed E-state index contributed by atoms with van der Waals surface area (Å²) < 4.78 is 24.7. The molecule has 0 fully saturated rings. The van der Waals surface area contributed by atoms with E-state index in [1.807, 2.05) is 13.0 Å². The number of nitrogens with one attached hydrogen (secondary N) is 1. The number of amides is 1. The van der Waals surface area contributed by atoms with Crippen LogP contribution in [0.25, 0.3) is 0 Å². The summed E-state index contributed by atoms with van der Waals surface area (Å²) in [7, 11) is -3.40. The zero-order valence-corrected chi connectivity index (χ0v) is 14.3. The molecule has 5 nitrogen and oxygen atoms in total. The third-order valence-corrected chi connectivity index (χ3v) is 5.82. The molecule has 1 N–H and O–H groups in total. The van der Waals surface area contributed by atoms with Gasteiger partial charge in [-0.25, -0.2) is 8.42 Å². The molecule has 3 rings (SSSR count). The van der Waals surface area contributed by atoms with Gasteiger partial charge in [-0.2, -0.15) is 4.31 Å². The molecule has 2 aliphatic rings. The largest absolute Gasteiger partial charge is 0.348 e. The van der Waals surface area contributed by atoms with Crippen LogP contribution in [0.5, 0.6) is 0 Å². The first-order valence-corrected chi connectivity index (χ1v) is 9.76. The maximum atomic E-state index is 12.5. The summed E-state index contributed by atoms with van der Waals surface area (Å²) >= 11 is 0. The highest BCUT2D eigenvalue weighted by molar-refractivity contribution is 7.88. The van der Waals surface area contributed by atoms with Crippen LogP contribution in [0.3, 0.4) is 0 Å². The molecule has 1 aliphatic carbocycles. The number of sulfonamides is 1. The van der Waals surface area contributed by atoms with Crippen molar-refractivity contribution in [3.05, 3.63) is 47.0 Å². The van der Waals surface area contributed by atoms with Gasteiger partial charge in [-0.15, -0.1) is 0 Å². The second-order valence-electron chi connectivity index (χ2n) is 6.32. The van der Waals surface area contributed by atoms with Crippen LogP contribution in [0.15, 0.2) is 30.4 Å². The van der Waals surface area contributed by atoms with Crippen molar-refractivity contribution < 1.29 is 13.2 Å². The lowest BCUT2D eigenvalue weighted by molar-refractivity contribution is -0.123. The van der Waals surface area contributed by atoms with Crippen molar-refractivity contribution in [1.29, 1.82) is 0 Å². The Morgan fingerprint density at radius 1 is 1.30 bits per heavy atom. The molecule has 6 heteroatoms. The highest BCUT2D eigenvalue weighted by Crippen LogP contribution is 2.25. The van der Waals surface area contributed by atoms with Crippen molar-refractivity contribution in [2.45, 2.75) is 38.3 Å². The molecule has 124 valence electrons. The quantitative estimate of drug-likeness (QED) is 0.850. The molecule has 1 aromatic rings. The SMILES string of the molecule is CC(NC(=O)C1C=CCN1S(C)(=O)=O)c1ccc2c(c1)CCC2. The Kier molecular flexibility index (Phi) is 4.29. The molecular weight excluding hydrogens is 312 g/mol. The summed E-state index contributed by atoms with van der Waals surface area (Å²) in [5.41, 5.74) is 3.82. The van der Waals surface area contributed by atoms with Crippen LogP contribution in [0.4, 0.5) is 0 Å². The van der Waals surface area contributed by atoms with Gasteiger partial charge in [-0.1, -0.05) is 30.4 Å². The second-order valence-corrected chi connectivity index (χ2v) is 8.25. The van der Waals surface area contributed by atoms with Crippen molar-refractivity contribution in [3.63, 3.8) is 0 Å². The maximum Gasteiger partial charge on any atom is 0.242 e. The van der Waals surface area contributed by atoms with E-state index in [4.69, 9.17) is 0 Å². The Labute approximate surface area is 137 Å². The summed E-state index contributed by atoms with van der Waals surface area (Å²) in [6.07, 6.45) is 7.90. The first-order chi connectivity index (χ1) is 10.9. The maximum absolute atomic E-state index is 12.5. The summed E-state index contributed by atoms with van der Waals surface area (Å²) in [6, 6.07) is 5.45. The van der Waals surface area contributed by atoms with Gasteiger partial charge in [-0.05, 0) is 42.9 Å². The van der Waals surface area contributed by atoms with Gasteiger partial charge in [0, 0.05) is 6.54 Å². The van der Waals surface area contributed by atoms with E-state index in [2.05, 4.69) is 17.4 Å². The third-order valence-electron chi connectivity index (χ3n) is 4.59. The monoisotopic (exact) mass is 334 g/mol. The second kappa shape index (κ2) is 6.09. The molecule has 2 atom stereocenters. The molecule has 0 aromatic heterocycles. The van der Waals surface area contributed by atoms with Gasteiger partial charge in [0.25, 0.3) is 0 Å². The van der Waals surface area contributed by atoms with Crippen LogP contribution in [-0.4, -0.2) is 37.5 Å². The van der Waals surface area contributed by atoms with Gasteiger partial charge in [0.2, 0.25) is 15.9 Å². The third kappa shape index (κ3) is 3.33. The lowest BCUT2D eigenvalue weighted by atomic mass is 10.0. The summed E-state index contributed by atoms with van der Waals surface area (Å²) in [6.45, 7) is 2.18. The molecule has 1 aliphatic heterocycles. The Hall–Kier alpha value is -1.66. The van der Waals surface area contributed by atoms with Crippen molar-refractivity contribution in [3.8, 4) is 0 Å². The number of rotatable bonds is 4. The number of hydrogen-bond donors (Lipinski definition) is 1. The molecule has 0 spiro atoms. The molecule has 1 amide bonds. The van der Waals surface area contributed by atoms with E-state index < -0.39 is 16.1 Å². The van der Waals surface area contributed by atoms with Crippen molar-refractivity contribution >= 4 is 15.9 Å². The first-order valence-electron chi connectivity index (χ1n) is 7.92. The fourth-order valence-electron chi connectivity index (χ4n) is 3.31. The number of carbonyl (C=O) groups is 1. The van der Waals surface area contributed by atoms with Crippen LogP contribution in [0.2, 0.25) is 0 Å². The van der Waals surface area contributed by atoms with Gasteiger partial charge < -0.3 is 5.32 Å². The number of carbonyl (C=O) groups excluding carboxylic acids is 1.